The average Bonchev–Trinajstić information content (AvgIpc) is 3.35. The van der Waals surface area contributed by atoms with Crippen molar-refractivity contribution >= 4 is 32.4 Å². The number of carbonyl (C=O) groups excluding carboxylic acids is 1. The lowest BCUT2D eigenvalue weighted by Gasteiger charge is -2.25. The van der Waals surface area contributed by atoms with E-state index in [1.54, 1.807) is 17.5 Å². The van der Waals surface area contributed by atoms with Crippen LogP contribution in [-0.4, -0.2) is 45.6 Å². The molecule has 2 aromatic rings. The minimum atomic E-state index is -3.83. The molecule has 1 fully saturated rings. The first-order valence-corrected chi connectivity index (χ1v) is 11.1. The number of nitrogens with one attached hydrogen (secondary N) is 2. The molecule has 1 aromatic carbocycles. The van der Waals surface area contributed by atoms with Gasteiger partial charge < -0.3 is 9.64 Å². The van der Waals surface area contributed by atoms with Gasteiger partial charge in [-0.25, -0.2) is 13.4 Å². The van der Waals surface area contributed by atoms with Crippen LogP contribution in [0.25, 0.3) is 0 Å². The number of hydrogen-bond acceptors (Lipinski definition) is 7. The maximum atomic E-state index is 12.5. The zero-order chi connectivity index (χ0) is 18.9. The summed E-state index contributed by atoms with van der Waals surface area (Å²) in [7, 11) is -3.83. The highest BCUT2D eigenvalue weighted by molar-refractivity contribution is 7.89. The summed E-state index contributed by atoms with van der Waals surface area (Å²) in [5.74, 6) is -0.588. The molecule has 0 saturated carbocycles. The molecule has 2 heterocycles. The minimum Gasteiger partial charge on any atom is -0.378 e. The Bertz CT molecular complexity index is 952. The third kappa shape index (κ3) is 3.98. The zero-order valence-electron chi connectivity index (χ0n) is 14.6. The lowest BCUT2D eigenvalue weighted by molar-refractivity contribution is 0.0940. The van der Waals surface area contributed by atoms with Crippen LogP contribution < -0.4 is 15.2 Å². The summed E-state index contributed by atoms with van der Waals surface area (Å²) in [5.41, 5.74) is 4.67. The van der Waals surface area contributed by atoms with E-state index >= 15 is 0 Å². The second-order valence-corrected chi connectivity index (χ2v) is 8.98. The Labute approximate surface area is 161 Å². The van der Waals surface area contributed by atoms with Crippen molar-refractivity contribution in [2.45, 2.75) is 24.2 Å². The molecule has 0 bridgehead atoms. The van der Waals surface area contributed by atoms with E-state index in [9.17, 15) is 13.2 Å². The smallest absolute Gasteiger partial charge is 0.285 e. The van der Waals surface area contributed by atoms with Crippen LogP contribution in [-0.2, 0) is 27.6 Å². The number of thiazole rings is 1. The Morgan fingerprint density at radius 2 is 1.96 bits per heavy atom. The van der Waals surface area contributed by atoms with Crippen molar-refractivity contribution in [3.05, 3.63) is 40.4 Å². The molecule has 2 N–H and O–H groups in total. The number of fused-ring (bicyclic) bond motifs is 1. The molecule has 0 unspecified atom stereocenters. The molecule has 0 radical (unpaired) electrons. The van der Waals surface area contributed by atoms with Crippen molar-refractivity contribution in [1.29, 1.82) is 0 Å². The number of hydrazine groups is 1. The number of benzene rings is 1. The van der Waals surface area contributed by atoms with Gasteiger partial charge in [0.15, 0.2) is 5.13 Å². The van der Waals surface area contributed by atoms with E-state index in [-0.39, 0.29) is 10.6 Å². The number of ether oxygens (including phenoxy) is 1. The minimum absolute atomic E-state index is 0.149. The molecule has 1 aliphatic heterocycles. The summed E-state index contributed by atoms with van der Waals surface area (Å²) in [6.45, 7) is 2.70. The molecule has 10 heteroatoms. The third-order valence-corrected chi connectivity index (χ3v) is 6.83. The van der Waals surface area contributed by atoms with E-state index in [2.05, 4.69) is 15.2 Å². The summed E-state index contributed by atoms with van der Waals surface area (Å²) < 4.78 is 30.2. The van der Waals surface area contributed by atoms with Crippen molar-refractivity contribution in [3.63, 3.8) is 0 Å². The van der Waals surface area contributed by atoms with Gasteiger partial charge in [0.1, 0.15) is 5.69 Å². The van der Waals surface area contributed by atoms with Gasteiger partial charge in [0.25, 0.3) is 15.9 Å². The predicted octanol–water partition coefficient (Wildman–Crippen LogP) is 1.09. The number of amides is 1. The molecular formula is C17H20N4O4S2. The lowest BCUT2D eigenvalue weighted by Crippen LogP contribution is -2.41. The van der Waals surface area contributed by atoms with Gasteiger partial charge in [-0.3, -0.25) is 10.2 Å². The number of nitrogens with zero attached hydrogens (tertiary/aromatic N) is 2. The Balaban J connectivity index is 1.40. The van der Waals surface area contributed by atoms with Gasteiger partial charge in [-0.05, 0) is 42.5 Å². The third-order valence-electron chi connectivity index (χ3n) is 4.69. The van der Waals surface area contributed by atoms with Gasteiger partial charge in [0.05, 0.1) is 18.1 Å². The predicted molar refractivity (Wildman–Crippen MR) is 101 cm³/mol. The summed E-state index contributed by atoms with van der Waals surface area (Å²) in [4.78, 5) is 20.9. The van der Waals surface area contributed by atoms with Gasteiger partial charge >= 0.3 is 0 Å². The normalized spacial score (nSPS) is 17.0. The molecule has 1 aromatic heterocycles. The highest BCUT2D eigenvalue weighted by Crippen LogP contribution is 2.24. The number of aryl methyl sites for hydroxylation is 2. The van der Waals surface area contributed by atoms with Crippen molar-refractivity contribution in [2.24, 2.45) is 0 Å². The fourth-order valence-corrected chi connectivity index (χ4v) is 4.97. The van der Waals surface area contributed by atoms with Crippen LogP contribution in [0, 0.1) is 0 Å². The highest BCUT2D eigenvalue weighted by Gasteiger charge is 2.21. The maximum Gasteiger partial charge on any atom is 0.285 e. The molecule has 0 atom stereocenters. The molecule has 0 spiro atoms. The van der Waals surface area contributed by atoms with Gasteiger partial charge in [0.2, 0.25) is 0 Å². The van der Waals surface area contributed by atoms with Crippen LogP contribution in [0.2, 0.25) is 0 Å². The van der Waals surface area contributed by atoms with E-state index < -0.39 is 15.9 Å². The fourth-order valence-electron chi connectivity index (χ4n) is 3.22. The number of carbonyl (C=O) groups is 1. The number of morpholine rings is 1. The number of sulfonamides is 1. The first-order valence-electron chi connectivity index (χ1n) is 8.75. The van der Waals surface area contributed by atoms with Gasteiger partial charge in [0, 0.05) is 18.5 Å². The summed E-state index contributed by atoms with van der Waals surface area (Å²) in [5, 5.41) is 2.34. The summed E-state index contributed by atoms with van der Waals surface area (Å²) in [6, 6.07) is 5.09. The molecule has 2 aliphatic rings. The average molecular weight is 409 g/mol. The van der Waals surface area contributed by atoms with E-state index in [1.165, 1.54) is 16.9 Å². The topological polar surface area (TPSA) is 101 Å². The molecule has 8 nitrogen and oxygen atoms in total. The molecule has 4 rings (SSSR count). The van der Waals surface area contributed by atoms with E-state index in [0.29, 0.717) is 13.2 Å². The Kier molecular flexibility index (Phi) is 5.13. The Hall–Kier alpha value is -2.01. The Morgan fingerprint density at radius 3 is 2.78 bits per heavy atom. The van der Waals surface area contributed by atoms with Crippen LogP contribution >= 0.6 is 11.3 Å². The first kappa shape index (κ1) is 18.4. The number of aromatic nitrogens is 1. The van der Waals surface area contributed by atoms with E-state index in [1.807, 2.05) is 11.0 Å². The molecule has 1 saturated heterocycles. The number of anilines is 1. The van der Waals surface area contributed by atoms with Crippen LogP contribution in [0.5, 0.6) is 0 Å². The lowest BCUT2D eigenvalue weighted by atomic mass is 10.1. The van der Waals surface area contributed by atoms with Gasteiger partial charge in [-0.1, -0.05) is 6.07 Å². The molecule has 144 valence electrons. The number of hydrogen-bond donors (Lipinski definition) is 2. The standard InChI is InChI=1S/C17H20N4O4S2/c22-16(15-11-26-17(18-15)21-6-8-25-9-7-21)19-20-27(23,24)14-5-4-12-2-1-3-13(12)10-14/h4-5,10-11,20H,1-3,6-9H2,(H,19,22). The van der Waals surface area contributed by atoms with E-state index in [0.717, 1.165) is 43.0 Å². The fraction of sp³-hybridized carbons (Fsp3) is 0.412. The van der Waals surface area contributed by atoms with Crippen molar-refractivity contribution < 1.29 is 17.9 Å². The highest BCUT2D eigenvalue weighted by atomic mass is 32.2. The second kappa shape index (κ2) is 7.55. The SMILES string of the molecule is O=C(NNS(=O)(=O)c1ccc2c(c1)CCC2)c1csc(N2CCOCC2)n1. The quantitative estimate of drug-likeness (QED) is 0.719. The molecular weight excluding hydrogens is 388 g/mol. The van der Waals surface area contributed by atoms with Crippen molar-refractivity contribution in [1.82, 2.24) is 15.2 Å². The second-order valence-electron chi connectivity index (χ2n) is 6.46. The van der Waals surface area contributed by atoms with Gasteiger partial charge in [-0.15, -0.1) is 16.2 Å². The zero-order valence-corrected chi connectivity index (χ0v) is 16.2. The molecule has 1 aliphatic carbocycles. The summed E-state index contributed by atoms with van der Waals surface area (Å²) in [6.07, 6.45) is 2.90. The maximum absolute atomic E-state index is 12.5. The van der Waals surface area contributed by atoms with E-state index in [4.69, 9.17) is 4.74 Å². The van der Waals surface area contributed by atoms with Crippen LogP contribution in [0.15, 0.2) is 28.5 Å². The number of rotatable bonds is 5. The van der Waals surface area contributed by atoms with Crippen molar-refractivity contribution in [2.75, 3.05) is 31.2 Å². The van der Waals surface area contributed by atoms with Crippen LogP contribution in [0.1, 0.15) is 28.0 Å². The van der Waals surface area contributed by atoms with Crippen molar-refractivity contribution in [3.8, 4) is 0 Å². The molecule has 1 amide bonds. The Morgan fingerprint density at radius 1 is 1.19 bits per heavy atom. The monoisotopic (exact) mass is 408 g/mol. The van der Waals surface area contributed by atoms with Crippen LogP contribution in [0.3, 0.4) is 0 Å². The largest absolute Gasteiger partial charge is 0.378 e. The first-order chi connectivity index (χ1) is 13.0. The summed E-state index contributed by atoms with van der Waals surface area (Å²) >= 11 is 1.35. The van der Waals surface area contributed by atoms with Gasteiger partial charge in [-0.2, -0.15) is 0 Å². The van der Waals surface area contributed by atoms with Crippen LogP contribution in [0.4, 0.5) is 5.13 Å². The molecule has 27 heavy (non-hydrogen) atoms.